The topological polar surface area (TPSA) is 51.2 Å². The fourth-order valence-electron chi connectivity index (χ4n) is 2.27. The predicted octanol–water partition coefficient (Wildman–Crippen LogP) is 5.03. The van der Waals surface area contributed by atoms with Gasteiger partial charge in [-0.15, -0.1) is 11.3 Å². The number of carbonyl (C=O) groups excluding carboxylic acids is 1. The number of allylic oxidation sites excluding steroid dienone is 2. The second kappa shape index (κ2) is 8.78. The highest BCUT2D eigenvalue weighted by molar-refractivity contribution is 7.14. The molecule has 1 amide bonds. The molecule has 1 N–H and O–H groups in total. The standard InChI is InChI=1S/C21H18N2O2S/c1-25-18-12-7-11-17(14-18)19-15-26-21(22-19)23-20(24)13-6-5-10-16-8-3-2-4-9-16/h2-15H,1H3,(H,22,23,24)/b10-5+,13-6+. The Morgan fingerprint density at radius 3 is 2.77 bits per heavy atom. The molecule has 0 fully saturated rings. The molecular formula is C21H18N2O2S. The minimum absolute atomic E-state index is 0.214. The maximum atomic E-state index is 12.0. The van der Waals surface area contributed by atoms with Crippen LogP contribution in [0.1, 0.15) is 5.56 Å². The van der Waals surface area contributed by atoms with Crippen molar-refractivity contribution in [3.05, 3.63) is 83.8 Å². The van der Waals surface area contributed by atoms with Crippen LogP contribution in [0.25, 0.3) is 17.3 Å². The summed E-state index contributed by atoms with van der Waals surface area (Å²) in [6.45, 7) is 0. The lowest BCUT2D eigenvalue weighted by Gasteiger charge is -2.01. The van der Waals surface area contributed by atoms with E-state index in [0.29, 0.717) is 5.13 Å². The summed E-state index contributed by atoms with van der Waals surface area (Å²) in [6, 6.07) is 17.6. The third-order valence-electron chi connectivity index (χ3n) is 3.55. The summed E-state index contributed by atoms with van der Waals surface area (Å²) in [5.41, 5.74) is 2.83. The molecule has 3 aromatic rings. The number of nitrogens with zero attached hydrogens (tertiary/aromatic N) is 1. The number of hydrogen-bond donors (Lipinski definition) is 1. The number of aromatic nitrogens is 1. The van der Waals surface area contributed by atoms with Crippen LogP contribution in [0.4, 0.5) is 5.13 Å². The van der Waals surface area contributed by atoms with Crippen LogP contribution in [0, 0.1) is 0 Å². The van der Waals surface area contributed by atoms with E-state index in [-0.39, 0.29) is 5.91 Å². The van der Waals surface area contributed by atoms with Crippen molar-refractivity contribution < 1.29 is 9.53 Å². The van der Waals surface area contributed by atoms with Gasteiger partial charge < -0.3 is 4.74 Å². The molecular weight excluding hydrogens is 344 g/mol. The zero-order chi connectivity index (χ0) is 18.2. The molecule has 0 aliphatic heterocycles. The van der Waals surface area contributed by atoms with E-state index in [1.165, 1.54) is 17.4 Å². The van der Waals surface area contributed by atoms with E-state index in [1.807, 2.05) is 72.1 Å². The number of carbonyl (C=O) groups is 1. The van der Waals surface area contributed by atoms with Gasteiger partial charge in [-0.1, -0.05) is 60.7 Å². The second-order valence-corrected chi connectivity index (χ2v) is 6.25. The van der Waals surface area contributed by atoms with Crippen LogP contribution < -0.4 is 10.1 Å². The van der Waals surface area contributed by atoms with Gasteiger partial charge >= 0.3 is 0 Å². The maximum absolute atomic E-state index is 12.0. The van der Waals surface area contributed by atoms with Gasteiger partial charge in [0, 0.05) is 17.0 Å². The summed E-state index contributed by atoms with van der Waals surface area (Å²) < 4.78 is 5.22. The van der Waals surface area contributed by atoms with Crippen LogP contribution in [0.5, 0.6) is 5.75 Å². The van der Waals surface area contributed by atoms with Crippen molar-refractivity contribution >= 4 is 28.5 Å². The Hall–Kier alpha value is -3.18. The van der Waals surface area contributed by atoms with Gasteiger partial charge in [0.1, 0.15) is 5.75 Å². The van der Waals surface area contributed by atoms with Gasteiger partial charge in [-0.3, -0.25) is 10.1 Å². The molecule has 4 nitrogen and oxygen atoms in total. The third-order valence-corrected chi connectivity index (χ3v) is 4.30. The van der Waals surface area contributed by atoms with E-state index in [2.05, 4.69) is 10.3 Å². The average Bonchev–Trinajstić information content (AvgIpc) is 3.14. The van der Waals surface area contributed by atoms with Crippen LogP contribution >= 0.6 is 11.3 Å². The summed E-state index contributed by atoms with van der Waals surface area (Å²) >= 11 is 1.39. The summed E-state index contributed by atoms with van der Waals surface area (Å²) in [7, 11) is 1.63. The second-order valence-electron chi connectivity index (χ2n) is 5.39. The van der Waals surface area contributed by atoms with E-state index in [1.54, 1.807) is 13.2 Å². The quantitative estimate of drug-likeness (QED) is 0.494. The Balaban J connectivity index is 1.59. The molecule has 0 aliphatic rings. The van der Waals surface area contributed by atoms with Gasteiger partial charge in [-0.25, -0.2) is 4.98 Å². The first-order valence-electron chi connectivity index (χ1n) is 8.05. The Bertz CT molecular complexity index is 930. The minimum Gasteiger partial charge on any atom is -0.497 e. The van der Waals surface area contributed by atoms with Crippen molar-refractivity contribution in [1.29, 1.82) is 0 Å². The predicted molar refractivity (Wildman–Crippen MR) is 107 cm³/mol. The van der Waals surface area contributed by atoms with Gasteiger partial charge in [0.25, 0.3) is 0 Å². The number of anilines is 1. The third kappa shape index (κ3) is 4.91. The van der Waals surface area contributed by atoms with Gasteiger partial charge in [0.2, 0.25) is 5.91 Å². The smallest absolute Gasteiger partial charge is 0.250 e. The first-order valence-corrected chi connectivity index (χ1v) is 8.93. The monoisotopic (exact) mass is 362 g/mol. The Morgan fingerprint density at radius 2 is 1.96 bits per heavy atom. The Morgan fingerprint density at radius 1 is 1.12 bits per heavy atom. The normalized spacial score (nSPS) is 11.1. The first kappa shape index (κ1) is 17.6. The van der Waals surface area contributed by atoms with Crippen LogP contribution in [-0.4, -0.2) is 18.0 Å². The highest BCUT2D eigenvalue weighted by Crippen LogP contribution is 2.27. The fourth-order valence-corrected chi connectivity index (χ4v) is 2.99. The summed E-state index contributed by atoms with van der Waals surface area (Å²) in [6.07, 6.45) is 6.96. The van der Waals surface area contributed by atoms with Crippen molar-refractivity contribution in [2.75, 3.05) is 12.4 Å². The number of hydrogen-bond acceptors (Lipinski definition) is 4. The zero-order valence-corrected chi connectivity index (χ0v) is 15.1. The number of amides is 1. The molecule has 0 bridgehead atoms. The van der Waals surface area contributed by atoms with Gasteiger partial charge in [0.15, 0.2) is 5.13 Å². The molecule has 0 aliphatic carbocycles. The van der Waals surface area contributed by atoms with Crippen molar-refractivity contribution in [2.24, 2.45) is 0 Å². The maximum Gasteiger partial charge on any atom is 0.250 e. The van der Waals surface area contributed by atoms with Crippen molar-refractivity contribution in [3.63, 3.8) is 0 Å². The van der Waals surface area contributed by atoms with E-state index in [9.17, 15) is 4.79 Å². The number of ether oxygens (including phenoxy) is 1. The molecule has 1 aromatic heterocycles. The average molecular weight is 362 g/mol. The molecule has 26 heavy (non-hydrogen) atoms. The van der Waals surface area contributed by atoms with Gasteiger partial charge in [-0.05, 0) is 17.7 Å². The Labute approximate surface area is 156 Å². The zero-order valence-electron chi connectivity index (χ0n) is 14.3. The molecule has 130 valence electrons. The van der Waals surface area contributed by atoms with E-state index >= 15 is 0 Å². The molecule has 0 saturated carbocycles. The Kier molecular flexibility index (Phi) is 5.96. The highest BCUT2D eigenvalue weighted by atomic mass is 32.1. The van der Waals surface area contributed by atoms with Crippen LogP contribution in [0.15, 0.2) is 78.2 Å². The van der Waals surface area contributed by atoms with Gasteiger partial charge in [-0.2, -0.15) is 0 Å². The molecule has 0 atom stereocenters. The SMILES string of the molecule is COc1cccc(-c2csc(NC(=O)/C=C/C=C/c3ccccc3)n2)c1. The lowest BCUT2D eigenvalue weighted by atomic mass is 10.2. The molecule has 0 radical (unpaired) electrons. The van der Waals surface area contributed by atoms with E-state index in [4.69, 9.17) is 4.74 Å². The number of thiazole rings is 1. The molecule has 0 unspecified atom stereocenters. The van der Waals surface area contributed by atoms with E-state index < -0.39 is 0 Å². The lowest BCUT2D eigenvalue weighted by molar-refractivity contribution is -0.111. The van der Waals surface area contributed by atoms with Crippen molar-refractivity contribution in [2.45, 2.75) is 0 Å². The number of methoxy groups -OCH3 is 1. The lowest BCUT2D eigenvalue weighted by Crippen LogP contribution is -2.07. The number of benzene rings is 2. The fraction of sp³-hybridized carbons (Fsp3) is 0.0476. The summed E-state index contributed by atoms with van der Waals surface area (Å²) in [5, 5.41) is 5.24. The number of nitrogens with one attached hydrogen (secondary N) is 1. The molecule has 0 spiro atoms. The van der Waals surface area contributed by atoms with Crippen LogP contribution in [-0.2, 0) is 4.79 Å². The van der Waals surface area contributed by atoms with Crippen LogP contribution in [0.3, 0.4) is 0 Å². The number of rotatable bonds is 6. The largest absolute Gasteiger partial charge is 0.497 e. The molecule has 0 saturated heterocycles. The van der Waals surface area contributed by atoms with Crippen molar-refractivity contribution in [3.8, 4) is 17.0 Å². The van der Waals surface area contributed by atoms with E-state index in [0.717, 1.165) is 22.6 Å². The summed E-state index contributed by atoms with van der Waals surface area (Å²) in [5.74, 6) is 0.559. The van der Waals surface area contributed by atoms with Crippen molar-refractivity contribution in [1.82, 2.24) is 4.98 Å². The minimum atomic E-state index is -0.214. The molecule has 3 rings (SSSR count). The van der Waals surface area contributed by atoms with Crippen LogP contribution in [0.2, 0.25) is 0 Å². The highest BCUT2D eigenvalue weighted by Gasteiger charge is 2.07. The molecule has 5 heteroatoms. The first-order chi connectivity index (χ1) is 12.7. The molecule has 1 heterocycles. The van der Waals surface area contributed by atoms with Gasteiger partial charge in [0.05, 0.1) is 12.8 Å². The summed E-state index contributed by atoms with van der Waals surface area (Å²) in [4.78, 5) is 16.4. The molecule has 2 aromatic carbocycles.